The number of benzene rings is 1. The smallest absolute Gasteiger partial charge is 0.259 e. The first-order valence-corrected chi connectivity index (χ1v) is 12.0. The number of piperidine rings is 1. The highest BCUT2D eigenvalue weighted by Crippen LogP contribution is 2.25. The minimum Gasteiger partial charge on any atom is -0.496 e. The summed E-state index contributed by atoms with van der Waals surface area (Å²) in [7, 11) is 1.63. The van der Waals surface area contributed by atoms with Crippen LogP contribution >= 0.6 is 0 Å². The van der Waals surface area contributed by atoms with Gasteiger partial charge in [-0.1, -0.05) is 0 Å². The number of hydrogen-bond acceptors (Lipinski definition) is 7. The highest BCUT2D eigenvalue weighted by molar-refractivity contribution is 6.05. The van der Waals surface area contributed by atoms with Gasteiger partial charge in [-0.2, -0.15) is 4.98 Å². The molecule has 1 aromatic carbocycles. The summed E-state index contributed by atoms with van der Waals surface area (Å²) in [5, 5.41) is 16.6. The van der Waals surface area contributed by atoms with Crippen LogP contribution in [0.25, 0.3) is 0 Å². The zero-order chi connectivity index (χ0) is 23.2. The van der Waals surface area contributed by atoms with Gasteiger partial charge in [0.1, 0.15) is 11.6 Å². The minimum absolute atomic E-state index is 0.0651. The molecule has 1 aliphatic heterocycles. The number of rotatable bonds is 7. The number of carbonyl (C=O) groups excluding carboxylic acids is 1. The number of aliphatic hydroxyl groups excluding tert-OH is 1. The summed E-state index contributed by atoms with van der Waals surface area (Å²) >= 11 is 0. The SMILES string of the molecule is COc1ccc(C(=O)N(CC2CCNCC2)c2ccnc(NC3CCC(O)CC3)n2)cc1C. The third kappa shape index (κ3) is 6.00. The summed E-state index contributed by atoms with van der Waals surface area (Å²) in [4.78, 5) is 24.6. The average Bonchev–Trinajstić information content (AvgIpc) is 2.84. The van der Waals surface area contributed by atoms with Gasteiger partial charge in [0.05, 0.1) is 13.2 Å². The van der Waals surface area contributed by atoms with E-state index >= 15 is 0 Å². The molecule has 4 rings (SSSR count). The third-order valence-electron chi connectivity index (χ3n) is 6.73. The van der Waals surface area contributed by atoms with Crippen molar-refractivity contribution in [2.24, 2.45) is 5.92 Å². The molecule has 3 N–H and O–H groups in total. The number of aryl methyl sites for hydroxylation is 1. The lowest BCUT2D eigenvalue weighted by atomic mass is 9.93. The predicted octanol–water partition coefficient (Wildman–Crippen LogP) is 3.16. The van der Waals surface area contributed by atoms with Crippen LogP contribution in [0.3, 0.4) is 0 Å². The summed E-state index contributed by atoms with van der Waals surface area (Å²) in [6.45, 7) is 4.51. The van der Waals surface area contributed by atoms with Crippen molar-refractivity contribution >= 4 is 17.7 Å². The molecule has 1 amide bonds. The van der Waals surface area contributed by atoms with Crippen molar-refractivity contribution in [2.45, 2.75) is 57.6 Å². The van der Waals surface area contributed by atoms with E-state index < -0.39 is 0 Å². The van der Waals surface area contributed by atoms with Crippen LogP contribution < -0.4 is 20.3 Å². The Kier molecular flexibility index (Phi) is 7.77. The van der Waals surface area contributed by atoms with Crippen molar-refractivity contribution in [1.29, 1.82) is 0 Å². The fraction of sp³-hybridized carbons (Fsp3) is 0.560. The predicted molar refractivity (Wildman–Crippen MR) is 129 cm³/mol. The van der Waals surface area contributed by atoms with Crippen molar-refractivity contribution in [2.75, 3.05) is 37.0 Å². The first-order chi connectivity index (χ1) is 16.0. The van der Waals surface area contributed by atoms with E-state index in [1.807, 2.05) is 31.2 Å². The van der Waals surface area contributed by atoms with Gasteiger partial charge in [-0.15, -0.1) is 0 Å². The Hall–Kier alpha value is -2.71. The number of hydrogen-bond donors (Lipinski definition) is 3. The summed E-state index contributed by atoms with van der Waals surface area (Å²) in [6, 6.07) is 7.59. The van der Waals surface area contributed by atoms with Gasteiger partial charge in [-0.3, -0.25) is 9.69 Å². The van der Waals surface area contributed by atoms with Crippen LogP contribution in [0.5, 0.6) is 5.75 Å². The molecule has 8 nitrogen and oxygen atoms in total. The molecule has 2 aromatic rings. The molecule has 2 aliphatic rings. The van der Waals surface area contributed by atoms with Crippen molar-refractivity contribution < 1.29 is 14.6 Å². The van der Waals surface area contributed by atoms with Gasteiger partial charge in [0.2, 0.25) is 5.95 Å². The van der Waals surface area contributed by atoms with E-state index in [4.69, 9.17) is 9.72 Å². The molecule has 0 atom stereocenters. The number of amides is 1. The number of ether oxygens (including phenoxy) is 1. The maximum absolute atomic E-state index is 13.7. The Labute approximate surface area is 195 Å². The molecule has 1 saturated heterocycles. The lowest BCUT2D eigenvalue weighted by Crippen LogP contribution is -2.40. The molecule has 1 aromatic heterocycles. The number of anilines is 2. The molecule has 1 aliphatic carbocycles. The molecule has 0 radical (unpaired) electrons. The minimum atomic E-state index is -0.207. The lowest BCUT2D eigenvalue weighted by Gasteiger charge is -2.30. The van der Waals surface area contributed by atoms with Crippen molar-refractivity contribution in [1.82, 2.24) is 15.3 Å². The molecule has 0 unspecified atom stereocenters. The maximum Gasteiger partial charge on any atom is 0.259 e. The van der Waals surface area contributed by atoms with E-state index in [1.54, 1.807) is 18.2 Å². The van der Waals surface area contributed by atoms with Crippen LogP contribution in [0.1, 0.15) is 54.4 Å². The Morgan fingerprint density at radius 2 is 1.94 bits per heavy atom. The summed E-state index contributed by atoms with van der Waals surface area (Å²) in [5.74, 6) is 2.26. The van der Waals surface area contributed by atoms with Gasteiger partial charge in [0.25, 0.3) is 5.91 Å². The van der Waals surface area contributed by atoms with Gasteiger partial charge in [0.15, 0.2) is 0 Å². The number of nitrogens with zero attached hydrogens (tertiary/aromatic N) is 3. The standard InChI is InChI=1S/C25H35N5O3/c1-17-15-19(3-8-22(17)33-2)24(32)30(16-18-9-12-26-13-10-18)23-11-14-27-25(29-23)28-20-4-6-21(31)7-5-20/h3,8,11,14-15,18,20-21,26,31H,4-7,9-10,12-13,16H2,1-2H3,(H,27,28,29). The van der Waals surface area contributed by atoms with Crippen molar-refractivity contribution in [3.63, 3.8) is 0 Å². The first kappa shape index (κ1) is 23.4. The Balaban J connectivity index is 1.57. The zero-order valence-corrected chi connectivity index (χ0v) is 19.6. The Morgan fingerprint density at radius 3 is 2.64 bits per heavy atom. The molecular weight excluding hydrogens is 418 g/mol. The van der Waals surface area contributed by atoms with E-state index in [-0.39, 0.29) is 18.1 Å². The largest absolute Gasteiger partial charge is 0.496 e. The average molecular weight is 454 g/mol. The number of methoxy groups -OCH3 is 1. The van der Waals surface area contributed by atoms with Crippen LogP contribution in [0.4, 0.5) is 11.8 Å². The molecule has 178 valence electrons. The van der Waals surface area contributed by atoms with Crippen LogP contribution in [0.2, 0.25) is 0 Å². The number of aliphatic hydroxyl groups is 1. The fourth-order valence-corrected chi connectivity index (χ4v) is 4.74. The van der Waals surface area contributed by atoms with Gasteiger partial charge in [-0.25, -0.2) is 4.98 Å². The third-order valence-corrected chi connectivity index (χ3v) is 6.73. The van der Waals surface area contributed by atoms with Crippen LogP contribution in [0.15, 0.2) is 30.5 Å². The van der Waals surface area contributed by atoms with E-state index in [1.165, 1.54) is 0 Å². The Morgan fingerprint density at radius 1 is 1.18 bits per heavy atom. The normalized spacial score (nSPS) is 21.4. The van der Waals surface area contributed by atoms with Crippen molar-refractivity contribution in [3.8, 4) is 5.75 Å². The van der Waals surface area contributed by atoms with Crippen LogP contribution in [0, 0.1) is 12.8 Å². The molecule has 0 spiro atoms. The lowest BCUT2D eigenvalue weighted by molar-refractivity contribution is 0.0979. The first-order valence-electron chi connectivity index (χ1n) is 12.0. The number of nitrogens with one attached hydrogen (secondary N) is 2. The van der Waals surface area contributed by atoms with E-state index in [9.17, 15) is 9.90 Å². The summed E-state index contributed by atoms with van der Waals surface area (Å²) < 4.78 is 5.36. The summed E-state index contributed by atoms with van der Waals surface area (Å²) in [5.41, 5.74) is 1.55. The molecule has 8 heteroatoms. The number of carbonyl (C=O) groups is 1. The molecular formula is C25H35N5O3. The van der Waals surface area contributed by atoms with Gasteiger partial charge in [0, 0.05) is 24.3 Å². The second-order valence-corrected chi connectivity index (χ2v) is 9.18. The molecule has 2 fully saturated rings. The molecule has 0 bridgehead atoms. The topological polar surface area (TPSA) is 99.6 Å². The monoisotopic (exact) mass is 453 g/mol. The van der Waals surface area contributed by atoms with Gasteiger partial charge >= 0.3 is 0 Å². The van der Waals surface area contributed by atoms with E-state index in [0.717, 1.165) is 62.9 Å². The van der Waals surface area contributed by atoms with Crippen LogP contribution in [-0.4, -0.2) is 59.9 Å². The second-order valence-electron chi connectivity index (χ2n) is 9.18. The van der Waals surface area contributed by atoms with Crippen molar-refractivity contribution in [3.05, 3.63) is 41.6 Å². The van der Waals surface area contributed by atoms with Gasteiger partial charge in [-0.05, 0) is 94.3 Å². The fourth-order valence-electron chi connectivity index (χ4n) is 4.74. The molecule has 1 saturated carbocycles. The molecule has 2 heterocycles. The van der Waals surface area contributed by atoms with E-state index in [2.05, 4.69) is 15.6 Å². The molecule has 33 heavy (non-hydrogen) atoms. The number of aromatic nitrogens is 2. The van der Waals surface area contributed by atoms with E-state index in [0.29, 0.717) is 29.8 Å². The quantitative estimate of drug-likeness (QED) is 0.592. The Bertz CT molecular complexity index is 939. The van der Waals surface area contributed by atoms with Crippen LogP contribution in [-0.2, 0) is 0 Å². The second kappa shape index (κ2) is 10.9. The highest BCUT2D eigenvalue weighted by atomic mass is 16.5. The summed E-state index contributed by atoms with van der Waals surface area (Å²) in [6.07, 6.45) is 6.92. The highest BCUT2D eigenvalue weighted by Gasteiger charge is 2.26. The maximum atomic E-state index is 13.7. The van der Waals surface area contributed by atoms with Gasteiger partial charge < -0.3 is 20.5 Å². The zero-order valence-electron chi connectivity index (χ0n) is 19.6.